The van der Waals surface area contributed by atoms with Gasteiger partial charge in [-0.25, -0.2) is 4.39 Å². The van der Waals surface area contributed by atoms with E-state index >= 15 is 0 Å². The van der Waals surface area contributed by atoms with Crippen molar-refractivity contribution in [2.24, 2.45) is 5.14 Å². The van der Waals surface area contributed by atoms with Crippen LogP contribution in [0.25, 0.3) is 0 Å². The van der Waals surface area contributed by atoms with Crippen LogP contribution < -0.4 is 24.1 Å². The first-order valence-corrected chi connectivity index (χ1v) is 9.37. The van der Waals surface area contributed by atoms with Crippen LogP contribution in [0.15, 0.2) is 36.4 Å². The average molecular weight is 414 g/mol. The predicted octanol–water partition coefficient (Wildman–Crippen LogP) is 2.58. The van der Waals surface area contributed by atoms with E-state index in [1.54, 1.807) is 52.7 Å². The largest absolute Gasteiger partial charge is 0.760 e. The quantitative estimate of drug-likeness (QED) is 0.666. The summed E-state index contributed by atoms with van der Waals surface area (Å²) in [6, 6.07) is 10.8. The summed E-state index contributed by atoms with van der Waals surface area (Å²) in [5, 5.41) is 4.03. The zero-order valence-corrected chi connectivity index (χ0v) is 17.1. The van der Waals surface area contributed by atoms with Crippen LogP contribution in [0, 0.1) is 0 Å². The molecule has 156 valence electrons. The fourth-order valence-electron chi connectivity index (χ4n) is 2.59. The molecule has 0 saturated carbocycles. The molecule has 0 heterocycles. The Labute approximate surface area is 167 Å². The molecular weight excluding hydrogens is 389 g/mol. The normalized spacial score (nSPS) is 11.3. The lowest BCUT2D eigenvalue weighted by atomic mass is 10.0. The highest BCUT2D eigenvalue weighted by Crippen LogP contribution is 2.29. The van der Waals surface area contributed by atoms with Crippen molar-refractivity contribution in [3.05, 3.63) is 47.5 Å². The van der Waals surface area contributed by atoms with E-state index in [1.807, 2.05) is 12.1 Å². The molecular formula is C19H25FNO6S-. The monoisotopic (exact) mass is 414 g/mol. The summed E-state index contributed by atoms with van der Waals surface area (Å²) in [7, 11) is 6.31. The highest BCUT2D eigenvalue weighted by molar-refractivity contribution is 7.76. The minimum atomic E-state index is -2.36. The molecule has 0 amide bonds. The van der Waals surface area contributed by atoms with E-state index in [4.69, 9.17) is 27.7 Å². The second-order valence-corrected chi connectivity index (χ2v) is 6.14. The zero-order chi connectivity index (χ0) is 21.1. The number of rotatable bonds is 8. The molecule has 0 saturated heterocycles. The minimum Gasteiger partial charge on any atom is -0.760 e. The molecule has 2 aromatic carbocycles. The summed E-state index contributed by atoms with van der Waals surface area (Å²) in [6.45, 7) is 0. The lowest BCUT2D eigenvalue weighted by Crippen LogP contribution is -2.10. The third-order valence-electron chi connectivity index (χ3n) is 3.87. The molecule has 28 heavy (non-hydrogen) atoms. The lowest BCUT2D eigenvalue weighted by molar-refractivity contribution is 0.317. The average Bonchev–Trinajstić information content (AvgIpc) is 2.68. The molecule has 0 aliphatic rings. The standard InChI is InChI=1S/C19H23FO4.H3NO2S/c1-21-16-7-5-13(18(11-16)23-3)9-15(20)10-14-6-8-17(22-2)12-19(14)24-4;1-4(2)3/h5-8,11-12,15H,9-10H2,1-4H3;1H2,(H,2,3)/p-1. The van der Waals surface area contributed by atoms with Gasteiger partial charge in [-0.2, -0.15) is 0 Å². The molecule has 2 aromatic rings. The summed E-state index contributed by atoms with van der Waals surface area (Å²) in [5.41, 5.74) is 1.61. The fourth-order valence-corrected chi connectivity index (χ4v) is 2.59. The third-order valence-corrected chi connectivity index (χ3v) is 3.87. The molecule has 0 radical (unpaired) electrons. The van der Waals surface area contributed by atoms with E-state index in [2.05, 4.69) is 5.14 Å². The third kappa shape index (κ3) is 7.71. The number of hydrogen-bond acceptors (Lipinski definition) is 6. The van der Waals surface area contributed by atoms with Crippen molar-refractivity contribution in [3.63, 3.8) is 0 Å². The highest BCUT2D eigenvalue weighted by atomic mass is 32.2. The van der Waals surface area contributed by atoms with Crippen LogP contribution >= 0.6 is 0 Å². The molecule has 9 heteroatoms. The summed E-state index contributed by atoms with van der Waals surface area (Å²) < 4.78 is 53.1. The van der Waals surface area contributed by atoms with Gasteiger partial charge in [0, 0.05) is 36.2 Å². The molecule has 0 aliphatic carbocycles. The summed E-state index contributed by atoms with van der Waals surface area (Å²) in [4.78, 5) is 0. The van der Waals surface area contributed by atoms with Crippen LogP contribution in [-0.2, 0) is 24.1 Å². The van der Waals surface area contributed by atoms with Gasteiger partial charge in [-0.1, -0.05) is 12.1 Å². The molecule has 1 atom stereocenters. The Morgan fingerprint density at radius 2 is 1.25 bits per heavy atom. The number of ether oxygens (including phenoxy) is 4. The van der Waals surface area contributed by atoms with E-state index < -0.39 is 17.4 Å². The SMILES string of the molecule is COc1ccc(CC(F)Cc2ccc(OC)cc2OC)c(OC)c1.NS(=O)[O-]. The van der Waals surface area contributed by atoms with E-state index in [-0.39, 0.29) is 12.8 Å². The maximum atomic E-state index is 14.6. The van der Waals surface area contributed by atoms with Gasteiger partial charge in [-0.05, 0) is 23.3 Å². The highest BCUT2D eigenvalue weighted by Gasteiger charge is 2.16. The molecule has 0 aliphatic heterocycles. The van der Waals surface area contributed by atoms with Crippen LogP contribution in [0.2, 0.25) is 0 Å². The zero-order valence-electron chi connectivity index (χ0n) is 16.3. The van der Waals surface area contributed by atoms with E-state index in [9.17, 15) is 4.39 Å². The second kappa shape index (κ2) is 12.2. The maximum Gasteiger partial charge on any atom is 0.125 e. The molecule has 2 rings (SSSR count). The Morgan fingerprint density at radius 3 is 1.54 bits per heavy atom. The number of methoxy groups -OCH3 is 4. The van der Waals surface area contributed by atoms with Crippen molar-refractivity contribution in [2.45, 2.75) is 19.0 Å². The van der Waals surface area contributed by atoms with E-state index in [1.165, 1.54) is 0 Å². The fraction of sp³-hybridized carbons (Fsp3) is 0.368. The predicted molar refractivity (Wildman–Crippen MR) is 105 cm³/mol. The number of alkyl halides is 1. The van der Waals surface area contributed by atoms with Crippen LogP contribution in [0.4, 0.5) is 4.39 Å². The summed E-state index contributed by atoms with van der Waals surface area (Å²) in [5.74, 6) is 2.61. The van der Waals surface area contributed by atoms with Crippen molar-refractivity contribution in [1.82, 2.24) is 0 Å². The Bertz CT molecular complexity index is 713. The van der Waals surface area contributed by atoms with Gasteiger partial charge < -0.3 is 23.5 Å². The van der Waals surface area contributed by atoms with Crippen molar-refractivity contribution in [1.29, 1.82) is 0 Å². The smallest absolute Gasteiger partial charge is 0.125 e. The van der Waals surface area contributed by atoms with Gasteiger partial charge in [0.1, 0.15) is 29.2 Å². The number of hydrogen-bond donors (Lipinski definition) is 1. The van der Waals surface area contributed by atoms with Gasteiger partial charge in [-0.3, -0.25) is 9.35 Å². The summed E-state index contributed by atoms with van der Waals surface area (Å²) >= 11 is -2.36. The Hall–Kier alpha value is -2.36. The molecule has 1 unspecified atom stereocenters. The second-order valence-electron chi connectivity index (χ2n) is 5.62. The van der Waals surface area contributed by atoms with Crippen molar-refractivity contribution >= 4 is 11.3 Å². The first-order valence-electron chi connectivity index (χ1n) is 8.24. The van der Waals surface area contributed by atoms with E-state index in [0.717, 1.165) is 11.1 Å². The first kappa shape index (κ1) is 23.7. The molecule has 0 aromatic heterocycles. The maximum absolute atomic E-state index is 14.6. The van der Waals surface area contributed by atoms with Gasteiger partial charge in [0.15, 0.2) is 0 Å². The van der Waals surface area contributed by atoms with Crippen LogP contribution in [0.5, 0.6) is 23.0 Å². The minimum absolute atomic E-state index is 0.252. The molecule has 0 fully saturated rings. The first-order chi connectivity index (χ1) is 13.3. The summed E-state index contributed by atoms with van der Waals surface area (Å²) in [6.07, 6.45) is -0.556. The Morgan fingerprint density at radius 1 is 0.893 bits per heavy atom. The molecule has 2 N–H and O–H groups in total. The molecule has 0 bridgehead atoms. The van der Waals surface area contributed by atoms with Gasteiger partial charge in [-0.15, -0.1) is 0 Å². The van der Waals surface area contributed by atoms with E-state index in [0.29, 0.717) is 23.0 Å². The van der Waals surface area contributed by atoms with Crippen LogP contribution in [0.3, 0.4) is 0 Å². The topological polar surface area (TPSA) is 103 Å². The lowest BCUT2D eigenvalue weighted by Gasteiger charge is -2.15. The van der Waals surface area contributed by atoms with Crippen LogP contribution in [0.1, 0.15) is 11.1 Å². The van der Waals surface area contributed by atoms with Gasteiger partial charge >= 0.3 is 0 Å². The number of halogens is 1. The van der Waals surface area contributed by atoms with Gasteiger partial charge in [0.25, 0.3) is 0 Å². The van der Waals surface area contributed by atoms with Crippen molar-refractivity contribution < 1.29 is 32.1 Å². The van der Waals surface area contributed by atoms with Crippen molar-refractivity contribution in [2.75, 3.05) is 28.4 Å². The van der Waals surface area contributed by atoms with Crippen molar-refractivity contribution in [3.8, 4) is 23.0 Å². The Kier molecular flexibility index (Phi) is 10.3. The number of benzene rings is 2. The molecule has 7 nitrogen and oxygen atoms in total. The van der Waals surface area contributed by atoms with Gasteiger partial charge in [0.05, 0.1) is 28.4 Å². The molecule has 0 spiro atoms. The van der Waals surface area contributed by atoms with Crippen LogP contribution in [-0.4, -0.2) is 43.4 Å². The Balaban J connectivity index is 0.000000892. The number of nitrogens with two attached hydrogens (primary N) is 1. The van der Waals surface area contributed by atoms with Gasteiger partial charge in [0.2, 0.25) is 0 Å².